The van der Waals surface area contributed by atoms with Gasteiger partial charge in [-0.3, -0.25) is 4.99 Å². The maximum absolute atomic E-state index is 4.55. The Balaban J connectivity index is 1.75. The molecule has 18 heavy (non-hydrogen) atoms. The first-order chi connectivity index (χ1) is 8.72. The second-order valence-corrected chi connectivity index (χ2v) is 5.24. The highest BCUT2D eigenvalue weighted by molar-refractivity contribution is 9.10. The molecule has 1 aliphatic heterocycles. The minimum atomic E-state index is 0.697. The topological polar surface area (TPSA) is 44.9 Å². The van der Waals surface area contributed by atoms with Gasteiger partial charge in [-0.15, -0.1) is 0 Å². The third-order valence-electron chi connectivity index (χ3n) is 2.95. The molecule has 0 aliphatic carbocycles. The van der Waals surface area contributed by atoms with Crippen LogP contribution in [0, 0.1) is 0 Å². The average Bonchev–Trinajstić information content (AvgIpc) is 2.92. The number of likely N-dealkylation sites (N-methyl/N-ethyl adjacent to an activating group) is 1. The SMILES string of the molecule is CN1CCN=C1NCc1cn2cc(Br)ccc2n1. The first-order valence-electron chi connectivity index (χ1n) is 5.85. The van der Waals surface area contributed by atoms with Gasteiger partial charge < -0.3 is 14.6 Å². The Bertz CT molecular complexity index is 604. The van der Waals surface area contributed by atoms with Crippen LogP contribution in [0.15, 0.2) is 34.0 Å². The van der Waals surface area contributed by atoms with E-state index in [0.717, 1.165) is 34.9 Å². The van der Waals surface area contributed by atoms with E-state index in [0.29, 0.717) is 6.54 Å². The fourth-order valence-corrected chi connectivity index (χ4v) is 2.35. The summed E-state index contributed by atoms with van der Waals surface area (Å²) in [5.74, 6) is 0.952. The van der Waals surface area contributed by atoms with Crippen molar-refractivity contribution in [2.45, 2.75) is 6.54 Å². The third-order valence-corrected chi connectivity index (χ3v) is 3.42. The van der Waals surface area contributed by atoms with E-state index in [-0.39, 0.29) is 0 Å². The molecular formula is C12H14BrN5. The van der Waals surface area contributed by atoms with Crippen molar-refractivity contribution in [3.05, 3.63) is 34.7 Å². The zero-order chi connectivity index (χ0) is 12.5. The van der Waals surface area contributed by atoms with Crippen molar-refractivity contribution >= 4 is 27.5 Å². The minimum absolute atomic E-state index is 0.697. The Hall–Kier alpha value is -1.56. The van der Waals surface area contributed by atoms with Gasteiger partial charge in [0.1, 0.15) is 5.65 Å². The Morgan fingerprint density at radius 1 is 1.39 bits per heavy atom. The summed E-state index contributed by atoms with van der Waals surface area (Å²) in [5.41, 5.74) is 1.97. The van der Waals surface area contributed by atoms with Gasteiger partial charge in [0.15, 0.2) is 5.96 Å². The lowest BCUT2D eigenvalue weighted by Gasteiger charge is -2.14. The van der Waals surface area contributed by atoms with Gasteiger partial charge in [-0.25, -0.2) is 4.98 Å². The van der Waals surface area contributed by atoms with E-state index in [1.165, 1.54) is 0 Å². The molecule has 0 unspecified atom stereocenters. The zero-order valence-corrected chi connectivity index (χ0v) is 11.7. The maximum Gasteiger partial charge on any atom is 0.194 e. The number of halogens is 1. The molecule has 0 radical (unpaired) electrons. The van der Waals surface area contributed by atoms with E-state index in [1.54, 1.807) is 0 Å². The van der Waals surface area contributed by atoms with Gasteiger partial charge in [-0.05, 0) is 28.1 Å². The number of hydrogen-bond donors (Lipinski definition) is 1. The quantitative estimate of drug-likeness (QED) is 0.914. The van der Waals surface area contributed by atoms with E-state index < -0.39 is 0 Å². The first kappa shape index (κ1) is 11.5. The highest BCUT2D eigenvalue weighted by atomic mass is 79.9. The molecule has 94 valence electrons. The van der Waals surface area contributed by atoms with Gasteiger partial charge in [0, 0.05) is 30.5 Å². The molecule has 0 aromatic carbocycles. The van der Waals surface area contributed by atoms with Crippen molar-refractivity contribution in [2.24, 2.45) is 4.99 Å². The molecule has 3 heterocycles. The largest absolute Gasteiger partial charge is 0.351 e. The maximum atomic E-state index is 4.55. The Morgan fingerprint density at radius 2 is 2.28 bits per heavy atom. The second-order valence-electron chi connectivity index (χ2n) is 4.33. The predicted octanol–water partition coefficient (Wildman–Crippen LogP) is 1.49. The molecule has 3 rings (SSSR count). The van der Waals surface area contributed by atoms with Gasteiger partial charge in [0.2, 0.25) is 0 Å². The minimum Gasteiger partial charge on any atom is -0.351 e. The zero-order valence-electron chi connectivity index (χ0n) is 10.1. The monoisotopic (exact) mass is 307 g/mol. The molecule has 0 atom stereocenters. The highest BCUT2D eigenvalue weighted by Crippen LogP contribution is 2.12. The molecule has 5 nitrogen and oxygen atoms in total. The standard InChI is InChI=1S/C12H14BrN5/c1-17-5-4-14-12(17)15-6-10-8-18-7-9(13)2-3-11(18)16-10/h2-3,7-8H,4-6H2,1H3,(H,14,15). The molecule has 0 amide bonds. The van der Waals surface area contributed by atoms with Crippen LogP contribution in [0.5, 0.6) is 0 Å². The molecule has 1 N–H and O–H groups in total. The summed E-state index contributed by atoms with van der Waals surface area (Å²) < 4.78 is 3.06. The van der Waals surface area contributed by atoms with Crippen molar-refractivity contribution in [3.8, 4) is 0 Å². The van der Waals surface area contributed by atoms with Crippen LogP contribution in [-0.2, 0) is 6.54 Å². The number of aromatic nitrogens is 2. The Kier molecular flexibility index (Phi) is 2.95. The summed E-state index contributed by atoms with van der Waals surface area (Å²) in [6.07, 6.45) is 4.04. The predicted molar refractivity (Wildman–Crippen MR) is 74.7 cm³/mol. The summed E-state index contributed by atoms with van der Waals surface area (Å²) in [7, 11) is 2.04. The molecule has 0 fully saturated rings. The molecule has 2 aromatic rings. The third kappa shape index (κ3) is 2.20. The van der Waals surface area contributed by atoms with Crippen molar-refractivity contribution in [2.75, 3.05) is 20.1 Å². The Morgan fingerprint density at radius 3 is 3.06 bits per heavy atom. The van der Waals surface area contributed by atoms with Crippen LogP contribution < -0.4 is 5.32 Å². The molecule has 1 aliphatic rings. The van der Waals surface area contributed by atoms with E-state index in [9.17, 15) is 0 Å². The number of imidazole rings is 1. The number of nitrogens with one attached hydrogen (secondary N) is 1. The van der Waals surface area contributed by atoms with Crippen LogP contribution in [0.4, 0.5) is 0 Å². The van der Waals surface area contributed by atoms with Crippen molar-refractivity contribution in [1.29, 1.82) is 0 Å². The molecular weight excluding hydrogens is 294 g/mol. The van der Waals surface area contributed by atoms with Gasteiger partial charge in [0.05, 0.1) is 18.8 Å². The molecule has 0 bridgehead atoms. The number of guanidine groups is 1. The van der Waals surface area contributed by atoms with Crippen LogP contribution in [0.3, 0.4) is 0 Å². The summed E-state index contributed by atoms with van der Waals surface area (Å²) in [6, 6.07) is 3.99. The normalized spacial score (nSPS) is 15.2. The van der Waals surface area contributed by atoms with Crippen molar-refractivity contribution in [3.63, 3.8) is 0 Å². The van der Waals surface area contributed by atoms with Crippen molar-refractivity contribution < 1.29 is 0 Å². The van der Waals surface area contributed by atoms with E-state index >= 15 is 0 Å². The summed E-state index contributed by atoms with van der Waals surface area (Å²) in [5, 5.41) is 3.31. The lowest BCUT2D eigenvalue weighted by atomic mass is 10.5. The van der Waals surface area contributed by atoms with Crippen LogP contribution in [0.2, 0.25) is 0 Å². The van der Waals surface area contributed by atoms with E-state index in [4.69, 9.17) is 0 Å². The molecule has 2 aromatic heterocycles. The van der Waals surface area contributed by atoms with Crippen LogP contribution in [-0.4, -0.2) is 40.4 Å². The lowest BCUT2D eigenvalue weighted by molar-refractivity contribution is 0.533. The van der Waals surface area contributed by atoms with Crippen LogP contribution in [0.1, 0.15) is 5.69 Å². The van der Waals surface area contributed by atoms with Crippen molar-refractivity contribution in [1.82, 2.24) is 19.6 Å². The fraction of sp³-hybridized carbons (Fsp3) is 0.333. The number of pyridine rings is 1. The van der Waals surface area contributed by atoms with E-state index in [1.807, 2.05) is 36.0 Å². The average molecular weight is 308 g/mol. The lowest BCUT2D eigenvalue weighted by Crippen LogP contribution is -2.35. The van der Waals surface area contributed by atoms with E-state index in [2.05, 4.69) is 36.1 Å². The summed E-state index contributed by atoms with van der Waals surface area (Å²) in [4.78, 5) is 11.1. The number of rotatable bonds is 2. The number of fused-ring (bicyclic) bond motifs is 1. The van der Waals surface area contributed by atoms with Gasteiger partial charge in [-0.1, -0.05) is 0 Å². The van der Waals surface area contributed by atoms with Crippen LogP contribution in [0.25, 0.3) is 5.65 Å². The van der Waals surface area contributed by atoms with Crippen LogP contribution >= 0.6 is 15.9 Å². The number of aliphatic imine (C=N–C) groups is 1. The molecule has 0 saturated carbocycles. The Labute approximate surface area is 114 Å². The van der Waals surface area contributed by atoms with Gasteiger partial charge in [0.25, 0.3) is 0 Å². The first-order valence-corrected chi connectivity index (χ1v) is 6.64. The van der Waals surface area contributed by atoms with Gasteiger partial charge in [-0.2, -0.15) is 0 Å². The van der Waals surface area contributed by atoms with Gasteiger partial charge >= 0.3 is 0 Å². The summed E-state index contributed by atoms with van der Waals surface area (Å²) in [6.45, 7) is 2.56. The molecule has 0 saturated heterocycles. The fourth-order valence-electron chi connectivity index (χ4n) is 2.00. The molecule has 0 spiro atoms. The number of hydrogen-bond acceptors (Lipinski definition) is 4. The second kappa shape index (κ2) is 4.61. The molecule has 6 heteroatoms. The number of nitrogens with zero attached hydrogens (tertiary/aromatic N) is 4. The smallest absolute Gasteiger partial charge is 0.194 e. The summed E-state index contributed by atoms with van der Waals surface area (Å²) >= 11 is 3.45. The highest BCUT2D eigenvalue weighted by Gasteiger charge is 2.12.